The van der Waals surface area contributed by atoms with Crippen molar-refractivity contribution in [3.05, 3.63) is 11.3 Å². The zero-order valence-corrected chi connectivity index (χ0v) is 7.82. The van der Waals surface area contributed by atoms with Crippen LogP contribution in [0, 0.1) is 0 Å². The predicted molar refractivity (Wildman–Crippen MR) is 50.3 cm³/mol. The molecule has 1 aliphatic rings. The van der Waals surface area contributed by atoms with Crippen LogP contribution < -0.4 is 5.73 Å². The molecule has 0 spiro atoms. The lowest BCUT2D eigenvalue weighted by molar-refractivity contribution is 0.903. The molecule has 0 unspecified atom stereocenters. The third-order valence-corrected chi connectivity index (χ3v) is 3.02. The molecule has 12 heavy (non-hydrogen) atoms. The van der Waals surface area contributed by atoms with Crippen LogP contribution in [-0.2, 0) is 12.8 Å². The molecule has 2 rings (SSSR count). The third-order valence-electron chi connectivity index (χ3n) is 2.00. The summed E-state index contributed by atoms with van der Waals surface area (Å²) >= 11 is 1.78. The lowest BCUT2D eigenvalue weighted by Gasteiger charge is -2.03. The second-order valence-electron chi connectivity index (χ2n) is 2.76. The topological polar surface area (TPSA) is 51.8 Å². The number of aromatic nitrogens is 2. The van der Waals surface area contributed by atoms with Gasteiger partial charge in [0.25, 0.3) is 0 Å². The number of fused-ring (bicyclic) bond motifs is 1. The quantitative estimate of drug-likeness (QED) is 0.663. The van der Waals surface area contributed by atoms with Crippen molar-refractivity contribution < 1.29 is 0 Å². The number of hydrogen-bond acceptors (Lipinski definition) is 4. The van der Waals surface area contributed by atoms with Gasteiger partial charge in [-0.2, -0.15) is 0 Å². The molecule has 0 aliphatic carbocycles. The Labute approximate surface area is 75.8 Å². The second-order valence-corrected chi connectivity index (χ2v) is 3.85. The third kappa shape index (κ3) is 1.16. The monoisotopic (exact) mass is 181 g/mol. The molecule has 2 heterocycles. The molecule has 64 valence electrons. The zero-order valence-electron chi connectivity index (χ0n) is 7.00. The Morgan fingerprint density at radius 1 is 1.50 bits per heavy atom. The molecule has 0 saturated heterocycles. The van der Waals surface area contributed by atoms with Crippen LogP contribution in [0.1, 0.15) is 18.2 Å². The number of nitrogen functional groups attached to an aromatic ring is 1. The summed E-state index contributed by atoms with van der Waals surface area (Å²) in [7, 11) is 0. The summed E-state index contributed by atoms with van der Waals surface area (Å²) in [4.78, 5) is 8.41. The van der Waals surface area contributed by atoms with Crippen molar-refractivity contribution in [1.29, 1.82) is 0 Å². The highest BCUT2D eigenvalue weighted by atomic mass is 32.2. The highest BCUT2D eigenvalue weighted by Crippen LogP contribution is 2.31. The van der Waals surface area contributed by atoms with E-state index < -0.39 is 0 Å². The maximum atomic E-state index is 5.57. The molecule has 0 atom stereocenters. The molecule has 0 bridgehead atoms. The van der Waals surface area contributed by atoms with E-state index in [9.17, 15) is 0 Å². The van der Waals surface area contributed by atoms with Crippen LogP contribution in [0.4, 0.5) is 5.95 Å². The van der Waals surface area contributed by atoms with Crippen LogP contribution in [-0.4, -0.2) is 15.7 Å². The first-order valence-corrected chi connectivity index (χ1v) is 5.08. The molecule has 0 saturated carbocycles. The first-order chi connectivity index (χ1) is 5.81. The van der Waals surface area contributed by atoms with E-state index in [2.05, 4.69) is 16.9 Å². The maximum Gasteiger partial charge on any atom is 0.221 e. The number of anilines is 1. The van der Waals surface area contributed by atoms with Gasteiger partial charge in [-0.15, -0.1) is 11.8 Å². The number of thioether (sulfide) groups is 1. The van der Waals surface area contributed by atoms with Crippen molar-refractivity contribution >= 4 is 17.7 Å². The van der Waals surface area contributed by atoms with Gasteiger partial charge in [0, 0.05) is 11.3 Å². The maximum absolute atomic E-state index is 5.57. The molecule has 4 heteroatoms. The van der Waals surface area contributed by atoms with Crippen molar-refractivity contribution in [3.8, 4) is 0 Å². The number of aryl methyl sites for hydroxylation is 1. The van der Waals surface area contributed by atoms with E-state index in [1.807, 2.05) is 0 Å². The Balaban J connectivity index is 2.55. The predicted octanol–water partition coefficient (Wildman–Crippen LogP) is 1.27. The molecule has 1 aliphatic heterocycles. The first-order valence-electron chi connectivity index (χ1n) is 4.09. The average Bonchev–Trinajstić information content (AvgIpc) is 2.50. The summed E-state index contributed by atoms with van der Waals surface area (Å²) in [5, 5.41) is 1.10. The Bertz CT molecular complexity index is 311. The van der Waals surface area contributed by atoms with Crippen LogP contribution in [0.5, 0.6) is 0 Å². The zero-order chi connectivity index (χ0) is 8.55. The van der Waals surface area contributed by atoms with E-state index in [0.717, 1.165) is 29.3 Å². The van der Waals surface area contributed by atoms with E-state index in [-0.39, 0.29) is 0 Å². The highest BCUT2D eigenvalue weighted by molar-refractivity contribution is 7.99. The largest absolute Gasteiger partial charge is 0.368 e. The number of rotatable bonds is 1. The fourth-order valence-corrected chi connectivity index (χ4v) is 2.49. The molecule has 2 N–H and O–H groups in total. The van der Waals surface area contributed by atoms with E-state index in [1.165, 1.54) is 5.56 Å². The molecule has 0 fully saturated rings. The Morgan fingerprint density at radius 2 is 2.33 bits per heavy atom. The van der Waals surface area contributed by atoms with Gasteiger partial charge in [0.2, 0.25) is 5.95 Å². The van der Waals surface area contributed by atoms with E-state index in [0.29, 0.717) is 5.95 Å². The van der Waals surface area contributed by atoms with Crippen molar-refractivity contribution in [1.82, 2.24) is 9.97 Å². The number of hydrogen-bond donors (Lipinski definition) is 1. The lowest BCUT2D eigenvalue weighted by atomic mass is 10.1. The van der Waals surface area contributed by atoms with Crippen molar-refractivity contribution in [2.45, 2.75) is 24.8 Å². The van der Waals surface area contributed by atoms with Crippen LogP contribution in [0.3, 0.4) is 0 Å². The molecule has 3 nitrogen and oxygen atoms in total. The van der Waals surface area contributed by atoms with Crippen molar-refractivity contribution in [2.75, 3.05) is 11.5 Å². The fraction of sp³-hybridized carbons (Fsp3) is 0.500. The molecule has 1 aromatic rings. The van der Waals surface area contributed by atoms with Crippen LogP contribution >= 0.6 is 11.8 Å². The Hall–Kier alpha value is -0.770. The Kier molecular flexibility index (Phi) is 1.92. The lowest BCUT2D eigenvalue weighted by Crippen LogP contribution is -2.03. The molecule has 0 aromatic carbocycles. The smallest absolute Gasteiger partial charge is 0.221 e. The summed E-state index contributed by atoms with van der Waals surface area (Å²) in [6.45, 7) is 2.10. The number of nitrogens with zero attached hydrogens (tertiary/aromatic N) is 2. The van der Waals surface area contributed by atoms with Gasteiger partial charge in [-0.3, -0.25) is 0 Å². The van der Waals surface area contributed by atoms with Gasteiger partial charge in [0.1, 0.15) is 5.03 Å². The van der Waals surface area contributed by atoms with Gasteiger partial charge in [-0.25, -0.2) is 9.97 Å². The highest BCUT2D eigenvalue weighted by Gasteiger charge is 2.17. The number of nitrogens with two attached hydrogens (primary N) is 1. The summed E-state index contributed by atoms with van der Waals surface area (Å²) < 4.78 is 0. The minimum absolute atomic E-state index is 0.417. The van der Waals surface area contributed by atoms with Gasteiger partial charge >= 0.3 is 0 Å². The van der Waals surface area contributed by atoms with E-state index >= 15 is 0 Å². The molecule has 1 aromatic heterocycles. The van der Waals surface area contributed by atoms with Crippen LogP contribution in [0.15, 0.2) is 5.03 Å². The first kappa shape index (κ1) is 7.86. The van der Waals surface area contributed by atoms with Gasteiger partial charge < -0.3 is 5.73 Å². The summed E-state index contributed by atoms with van der Waals surface area (Å²) in [6, 6.07) is 0. The molecule has 0 radical (unpaired) electrons. The SMILES string of the molecule is CCc1nc(N)nc2c1CCS2. The van der Waals surface area contributed by atoms with E-state index in [1.54, 1.807) is 11.8 Å². The van der Waals surface area contributed by atoms with Crippen LogP contribution in [0.25, 0.3) is 0 Å². The van der Waals surface area contributed by atoms with Gasteiger partial charge in [-0.1, -0.05) is 6.92 Å². The fourth-order valence-electron chi connectivity index (χ4n) is 1.44. The summed E-state index contributed by atoms with van der Waals surface area (Å²) in [6.07, 6.45) is 2.05. The average molecular weight is 181 g/mol. The summed E-state index contributed by atoms with van der Waals surface area (Å²) in [5.41, 5.74) is 8.02. The van der Waals surface area contributed by atoms with Crippen molar-refractivity contribution in [3.63, 3.8) is 0 Å². The minimum Gasteiger partial charge on any atom is -0.368 e. The van der Waals surface area contributed by atoms with E-state index in [4.69, 9.17) is 5.73 Å². The Morgan fingerprint density at radius 3 is 3.08 bits per heavy atom. The second kappa shape index (κ2) is 2.94. The normalized spacial score (nSPS) is 14.8. The summed E-state index contributed by atoms with van der Waals surface area (Å²) in [5.74, 6) is 1.54. The minimum atomic E-state index is 0.417. The van der Waals surface area contributed by atoms with Gasteiger partial charge in [-0.05, 0) is 12.8 Å². The molecular weight excluding hydrogens is 170 g/mol. The van der Waals surface area contributed by atoms with Crippen LogP contribution in [0.2, 0.25) is 0 Å². The molecular formula is C8H11N3S. The molecule has 0 amide bonds. The van der Waals surface area contributed by atoms with Crippen molar-refractivity contribution in [2.24, 2.45) is 0 Å². The standard InChI is InChI=1S/C8H11N3S/c1-2-6-5-3-4-12-7(5)11-8(9)10-6/h2-4H2,1H3,(H2,9,10,11). The van der Waals surface area contributed by atoms with Gasteiger partial charge in [0.15, 0.2) is 0 Å². The van der Waals surface area contributed by atoms with Gasteiger partial charge in [0.05, 0.1) is 5.69 Å².